The number of fused-ring (bicyclic) bond motifs is 1. The third-order valence-electron chi connectivity index (χ3n) is 4.96. The van der Waals surface area contributed by atoms with Crippen LogP contribution in [-0.2, 0) is 17.9 Å². The van der Waals surface area contributed by atoms with Gasteiger partial charge >= 0.3 is 5.97 Å². The lowest BCUT2D eigenvalue weighted by atomic mass is 10.1. The maximum Gasteiger partial charge on any atom is 0.338 e. The van der Waals surface area contributed by atoms with Gasteiger partial charge in [-0.2, -0.15) is 0 Å². The van der Waals surface area contributed by atoms with Crippen LogP contribution in [0, 0.1) is 6.92 Å². The van der Waals surface area contributed by atoms with Crippen LogP contribution < -0.4 is 10.3 Å². The van der Waals surface area contributed by atoms with Gasteiger partial charge in [-0.25, -0.2) is 9.78 Å². The summed E-state index contributed by atoms with van der Waals surface area (Å²) in [6.45, 7) is 4.17. The summed E-state index contributed by atoms with van der Waals surface area (Å²) < 4.78 is 13.1. The molecule has 0 aliphatic heterocycles. The number of aromatic nitrogens is 2. The van der Waals surface area contributed by atoms with E-state index in [4.69, 9.17) is 9.47 Å². The van der Waals surface area contributed by atoms with Crippen LogP contribution in [-0.4, -0.2) is 15.5 Å². The molecule has 0 atom stereocenters. The molecule has 0 amide bonds. The molecule has 0 saturated carbocycles. The molecule has 1 aromatic heterocycles. The van der Waals surface area contributed by atoms with Gasteiger partial charge in [0.1, 0.15) is 23.8 Å². The Kier molecular flexibility index (Phi) is 5.80. The van der Waals surface area contributed by atoms with Crippen LogP contribution >= 0.6 is 0 Å². The first-order chi connectivity index (χ1) is 15.1. The number of para-hydroxylation sites is 2. The summed E-state index contributed by atoms with van der Waals surface area (Å²) in [6.07, 6.45) is 0. The number of hydrogen-bond donors (Lipinski definition) is 0. The SMILES string of the molecule is CCn1c(=O)c(C)nc2cc(C(=O)OCc3ccccc3Oc3ccccc3)ccc21. The van der Waals surface area contributed by atoms with Crippen LogP contribution in [0.5, 0.6) is 11.5 Å². The molecule has 156 valence electrons. The highest BCUT2D eigenvalue weighted by Gasteiger charge is 2.13. The minimum atomic E-state index is -0.467. The first-order valence-corrected chi connectivity index (χ1v) is 10.1. The number of hydrogen-bond acceptors (Lipinski definition) is 5. The van der Waals surface area contributed by atoms with Gasteiger partial charge in [0.25, 0.3) is 5.56 Å². The molecule has 0 saturated heterocycles. The number of rotatable bonds is 6. The monoisotopic (exact) mass is 414 g/mol. The quantitative estimate of drug-likeness (QED) is 0.421. The van der Waals surface area contributed by atoms with Crippen molar-refractivity contribution in [2.75, 3.05) is 0 Å². The van der Waals surface area contributed by atoms with Gasteiger partial charge in [0.2, 0.25) is 0 Å². The zero-order valence-corrected chi connectivity index (χ0v) is 17.4. The molecule has 4 aromatic rings. The molecular weight excluding hydrogens is 392 g/mol. The van der Waals surface area contributed by atoms with Crippen molar-refractivity contribution in [3.05, 3.63) is 100.0 Å². The van der Waals surface area contributed by atoms with E-state index in [0.29, 0.717) is 40.3 Å². The summed E-state index contributed by atoms with van der Waals surface area (Å²) in [5.74, 6) is 0.869. The fraction of sp³-hybridized carbons (Fsp3) is 0.160. The Balaban J connectivity index is 1.54. The minimum Gasteiger partial charge on any atom is -0.457 e. The molecule has 3 aromatic carbocycles. The van der Waals surface area contributed by atoms with E-state index in [0.717, 1.165) is 5.56 Å². The summed E-state index contributed by atoms with van der Waals surface area (Å²) >= 11 is 0. The normalized spacial score (nSPS) is 10.8. The average Bonchev–Trinajstić information content (AvgIpc) is 2.79. The lowest BCUT2D eigenvalue weighted by Crippen LogP contribution is -2.23. The van der Waals surface area contributed by atoms with Crippen molar-refractivity contribution < 1.29 is 14.3 Å². The van der Waals surface area contributed by atoms with Gasteiger partial charge in [0, 0.05) is 12.1 Å². The molecule has 4 rings (SSSR count). The van der Waals surface area contributed by atoms with E-state index >= 15 is 0 Å². The highest BCUT2D eigenvalue weighted by molar-refractivity contribution is 5.93. The smallest absolute Gasteiger partial charge is 0.338 e. The number of carbonyl (C=O) groups excluding carboxylic acids is 1. The van der Waals surface area contributed by atoms with Gasteiger partial charge in [-0.15, -0.1) is 0 Å². The third kappa shape index (κ3) is 4.33. The highest BCUT2D eigenvalue weighted by Crippen LogP contribution is 2.26. The molecule has 0 unspecified atom stereocenters. The van der Waals surface area contributed by atoms with E-state index in [1.165, 1.54) is 0 Å². The Hall–Kier alpha value is -3.93. The lowest BCUT2D eigenvalue weighted by Gasteiger charge is -2.12. The first kappa shape index (κ1) is 20.3. The fourth-order valence-electron chi connectivity index (χ4n) is 3.38. The number of benzene rings is 3. The molecule has 0 N–H and O–H groups in total. The zero-order valence-electron chi connectivity index (χ0n) is 17.4. The molecule has 0 aliphatic rings. The molecule has 6 heteroatoms. The van der Waals surface area contributed by atoms with Crippen molar-refractivity contribution in [3.8, 4) is 11.5 Å². The maximum atomic E-state index is 12.7. The second kappa shape index (κ2) is 8.83. The van der Waals surface area contributed by atoms with Crippen LogP contribution in [0.1, 0.15) is 28.5 Å². The molecule has 0 fully saturated rings. The zero-order chi connectivity index (χ0) is 21.8. The average molecular weight is 414 g/mol. The van der Waals surface area contributed by atoms with Gasteiger partial charge in [0.15, 0.2) is 0 Å². The second-order valence-corrected chi connectivity index (χ2v) is 7.05. The topological polar surface area (TPSA) is 70.4 Å². The molecule has 0 bridgehead atoms. The van der Waals surface area contributed by atoms with Gasteiger partial charge < -0.3 is 14.0 Å². The van der Waals surface area contributed by atoms with Gasteiger partial charge in [-0.3, -0.25) is 4.79 Å². The fourth-order valence-corrected chi connectivity index (χ4v) is 3.38. The van der Waals surface area contributed by atoms with Crippen LogP contribution in [0.4, 0.5) is 0 Å². The van der Waals surface area contributed by atoms with Gasteiger partial charge in [0.05, 0.1) is 16.6 Å². The predicted molar refractivity (Wildman–Crippen MR) is 118 cm³/mol. The van der Waals surface area contributed by atoms with Crippen molar-refractivity contribution in [1.82, 2.24) is 9.55 Å². The van der Waals surface area contributed by atoms with E-state index in [1.54, 1.807) is 29.7 Å². The standard InChI is InChI=1S/C25H22N2O4/c1-3-27-22-14-13-18(15-21(22)26-17(2)24(27)28)25(29)30-16-19-9-7-8-12-23(19)31-20-10-5-4-6-11-20/h4-15H,3,16H2,1-2H3. The number of esters is 1. The summed E-state index contributed by atoms with van der Waals surface area (Å²) in [7, 11) is 0. The molecule has 1 heterocycles. The second-order valence-electron chi connectivity index (χ2n) is 7.05. The Morgan fingerprint density at radius 1 is 1.00 bits per heavy atom. The van der Waals surface area contributed by atoms with Crippen molar-refractivity contribution in [2.45, 2.75) is 27.0 Å². The summed E-state index contributed by atoms with van der Waals surface area (Å²) in [6, 6.07) is 21.9. The molecule has 6 nitrogen and oxygen atoms in total. The van der Waals surface area contributed by atoms with Crippen molar-refractivity contribution >= 4 is 17.0 Å². The number of aryl methyl sites for hydroxylation is 2. The van der Waals surface area contributed by atoms with Crippen LogP contribution in [0.15, 0.2) is 77.6 Å². The molecule has 0 radical (unpaired) electrons. The maximum absolute atomic E-state index is 12.7. The van der Waals surface area contributed by atoms with Crippen LogP contribution in [0.3, 0.4) is 0 Å². The first-order valence-electron chi connectivity index (χ1n) is 10.1. The molecule has 0 aliphatic carbocycles. The predicted octanol–water partition coefficient (Wildman–Crippen LogP) is 4.87. The Labute approximate surface area is 179 Å². The van der Waals surface area contributed by atoms with E-state index < -0.39 is 5.97 Å². The van der Waals surface area contributed by atoms with Crippen molar-refractivity contribution in [3.63, 3.8) is 0 Å². The number of ether oxygens (including phenoxy) is 2. The Morgan fingerprint density at radius 2 is 1.74 bits per heavy atom. The van der Waals surface area contributed by atoms with Crippen molar-refractivity contribution in [2.24, 2.45) is 0 Å². The Morgan fingerprint density at radius 3 is 2.52 bits per heavy atom. The number of nitrogens with zero attached hydrogens (tertiary/aromatic N) is 2. The number of carbonyl (C=O) groups is 1. The minimum absolute atomic E-state index is 0.0702. The molecule has 31 heavy (non-hydrogen) atoms. The van der Waals surface area contributed by atoms with Gasteiger partial charge in [-0.05, 0) is 50.2 Å². The summed E-state index contributed by atoms with van der Waals surface area (Å²) in [5, 5.41) is 0. The Bertz CT molecular complexity index is 1300. The van der Waals surface area contributed by atoms with E-state index in [9.17, 15) is 9.59 Å². The van der Waals surface area contributed by atoms with Crippen LogP contribution in [0.25, 0.3) is 11.0 Å². The molecule has 0 spiro atoms. The third-order valence-corrected chi connectivity index (χ3v) is 4.96. The van der Waals surface area contributed by atoms with E-state index in [2.05, 4.69) is 4.98 Å². The van der Waals surface area contributed by atoms with Crippen molar-refractivity contribution in [1.29, 1.82) is 0 Å². The van der Waals surface area contributed by atoms with E-state index in [-0.39, 0.29) is 12.2 Å². The summed E-state index contributed by atoms with van der Waals surface area (Å²) in [5.41, 5.74) is 2.68. The van der Waals surface area contributed by atoms with Gasteiger partial charge in [-0.1, -0.05) is 36.4 Å². The molecular formula is C25H22N2O4. The van der Waals surface area contributed by atoms with E-state index in [1.807, 2.05) is 61.5 Å². The van der Waals surface area contributed by atoms with Crippen LogP contribution in [0.2, 0.25) is 0 Å². The highest BCUT2D eigenvalue weighted by atomic mass is 16.5. The summed E-state index contributed by atoms with van der Waals surface area (Å²) in [4.78, 5) is 29.3. The lowest BCUT2D eigenvalue weighted by molar-refractivity contribution is 0.0471. The largest absolute Gasteiger partial charge is 0.457 e.